The van der Waals surface area contributed by atoms with Crippen molar-refractivity contribution >= 4 is 16.7 Å². The van der Waals surface area contributed by atoms with Crippen molar-refractivity contribution in [2.24, 2.45) is 0 Å². The molecule has 1 atom stereocenters. The Labute approximate surface area is 102 Å². The normalized spacial score (nSPS) is 13.6. The molecule has 0 bridgehead atoms. The summed E-state index contributed by atoms with van der Waals surface area (Å²) in [7, 11) is -2.93. The Morgan fingerprint density at radius 3 is 2.28 bits per heavy atom. The van der Waals surface area contributed by atoms with E-state index >= 15 is 0 Å². The highest BCUT2D eigenvalue weighted by atomic mass is 32.2. The average molecular weight is 282 g/mol. The topological polar surface area (TPSA) is 71.4 Å². The number of benzene rings is 1. The first-order valence-electron chi connectivity index (χ1n) is 4.72. The van der Waals surface area contributed by atoms with Crippen molar-refractivity contribution in [3.63, 3.8) is 0 Å². The van der Waals surface area contributed by atoms with Crippen molar-refractivity contribution in [2.45, 2.75) is 18.3 Å². The summed E-state index contributed by atoms with van der Waals surface area (Å²) in [6, 6.07) is 2.38. The Morgan fingerprint density at radius 2 is 1.89 bits per heavy atom. The van der Waals surface area contributed by atoms with Crippen LogP contribution in [-0.2, 0) is 16.9 Å². The lowest BCUT2D eigenvalue weighted by molar-refractivity contribution is -0.138. The number of carbonyl (C=O) groups is 1. The molecule has 0 saturated carbocycles. The summed E-state index contributed by atoms with van der Waals surface area (Å²) in [5, 5.41) is 7.54. The van der Waals surface area contributed by atoms with Gasteiger partial charge in [0.15, 0.2) is 0 Å². The van der Waals surface area contributed by atoms with Gasteiger partial charge in [0, 0.05) is 0 Å². The van der Waals surface area contributed by atoms with Gasteiger partial charge in [-0.25, -0.2) is 13.2 Å². The van der Waals surface area contributed by atoms with Crippen LogP contribution in [0.2, 0.25) is 0 Å². The van der Waals surface area contributed by atoms with Crippen LogP contribution in [0.25, 0.3) is 0 Å². The zero-order valence-corrected chi connectivity index (χ0v) is 9.96. The van der Waals surface area contributed by atoms with Crippen molar-refractivity contribution in [3.8, 4) is 0 Å². The van der Waals surface area contributed by atoms with E-state index in [9.17, 15) is 26.4 Å². The van der Waals surface area contributed by atoms with Crippen LogP contribution < -0.4 is 0 Å². The van der Waals surface area contributed by atoms with Crippen LogP contribution >= 0.6 is 0 Å². The first kappa shape index (κ1) is 14.5. The maximum atomic E-state index is 12.6. The molecule has 1 rings (SSSR count). The van der Waals surface area contributed by atoms with Crippen molar-refractivity contribution < 1.29 is 31.5 Å². The molecule has 8 heteroatoms. The molecule has 18 heavy (non-hydrogen) atoms. The first-order chi connectivity index (χ1) is 8.14. The minimum atomic E-state index is -4.85. The Balaban J connectivity index is 3.44. The molecule has 0 aromatic heterocycles. The van der Waals surface area contributed by atoms with E-state index in [1.165, 1.54) is 6.92 Å². The summed E-state index contributed by atoms with van der Waals surface area (Å²) in [6.07, 6.45) is -4.85. The molecule has 100 valence electrons. The molecule has 0 fully saturated rings. The van der Waals surface area contributed by atoms with Gasteiger partial charge in [0.1, 0.15) is 10.7 Å². The first-order valence-corrected chi connectivity index (χ1v) is 5.97. The zero-order chi connectivity index (χ0) is 14.1. The fourth-order valence-corrected chi connectivity index (χ4v) is 1.77. The molecule has 0 spiro atoms. The van der Waals surface area contributed by atoms with Gasteiger partial charge in [-0.1, -0.05) is 6.07 Å². The highest BCUT2D eigenvalue weighted by Crippen LogP contribution is 2.34. The monoisotopic (exact) mass is 282 g/mol. The Hall–Kier alpha value is -1.57. The van der Waals surface area contributed by atoms with E-state index in [2.05, 4.69) is 0 Å². The maximum Gasteiger partial charge on any atom is 0.417 e. The predicted molar refractivity (Wildman–Crippen MR) is 57.1 cm³/mol. The molecular formula is C10H9F3O4S. The molecule has 0 heterocycles. The molecule has 1 aromatic rings. The number of halogens is 3. The van der Waals surface area contributed by atoms with Crippen LogP contribution in [0.5, 0.6) is 0 Å². The second kappa shape index (κ2) is 4.97. The van der Waals surface area contributed by atoms with E-state index in [-0.39, 0.29) is 5.56 Å². The largest absolute Gasteiger partial charge is 0.478 e. The van der Waals surface area contributed by atoms with E-state index in [0.717, 1.165) is 12.1 Å². The molecule has 1 N–H and O–H groups in total. The molecule has 0 radical (unpaired) electrons. The van der Waals surface area contributed by atoms with Crippen LogP contribution in [0.15, 0.2) is 18.2 Å². The Kier molecular flexibility index (Phi) is 4.00. The van der Waals surface area contributed by atoms with Crippen LogP contribution in [0.3, 0.4) is 0 Å². The minimum Gasteiger partial charge on any atom is -0.478 e. The molecule has 0 aliphatic rings. The van der Waals surface area contributed by atoms with Crippen LogP contribution in [0.1, 0.15) is 33.7 Å². The highest BCUT2D eigenvalue weighted by Gasteiger charge is 2.35. The molecule has 1 unspecified atom stereocenters. The van der Waals surface area contributed by atoms with Gasteiger partial charge in [-0.2, -0.15) is 13.2 Å². The molecule has 1 aromatic carbocycles. The second-order valence-electron chi connectivity index (χ2n) is 3.57. The molecular weight excluding hydrogens is 273 g/mol. The summed E-state index contributed by atoms with van der Waals surface area (Å²) >= 11 is 0. The molecule has 0 saturated heterocycles. The van der Waals surface area contributed by atoms with Crippen molar-refractivity contribution in [1.82, 2.24) is 0 Å². The lowest BCUT2D eigenvalue weighted by Gasteiger charge is -2.13. The van der Waals surface area contributed by atoms with Crippen molar-refractivity contribution in [2.75, 3.05) is 0 Å². The third-order valence-electron chi connectivity index (χ3n) is 2.38. The van der Waals surface area contributed by atoms with Gasteiger partial charge in [-0.05, 0) is 24.6 Å². The maximum absolute atomic E-state index is 12.6. The standard InChI is InChI=1S/C10H9F3O4S/c1-5(18(16)17)6-2-3-7(9(14)15)8(4-6)10(11,12)13/h2-5,18H,1H3,(H,14,15). The number of rotatable bonds is 3. The van der Waals surface area contributed by atoms with Gasteiger partial charge in [0.25, 0.3) is 0 Å². The summed E-state index contributed by atoms with van der Waals surface area (Å²) in [5.41, 5.74) is -2.35. The van der Waals surface area contributed by atoms with E-state index in [1.807, 2.05) is 0 Å². The number of thiol groups is 1. The van der Waals surface area contributed by atoms with Crippen LogP contribution in [-0.4, -0.2) is 19.5 Å². The highest BCUT2D eigenvalue weighted by molar-refractivity contribution is 7.72. The third-order valence-corrected chi connectivity index (χ3v) is 3.31. The molecule has 0 amide bonds. The smallest absolute Gasteiger partial charge is 0.417 e. The average Bonchev–Trinajstić information content (AvgIpc) is 2.25. The van der Waals surface area contributed by atoms with Crippen LogP contribution in [0.4, 0.5) is 13.2 Å². The summed E-state index contributed by atoms with van der Waals surface area (Å²) in [6.45, 7) is 1.22. The number of hydrogen-bond donors (Lipinski definition) is 2. The predicted octanol–water partition coefficient (Wildman–Crippen LogP) is 2.08. The second-order valence-corrected chi connectivity index (χ2v) is 4.91. The van der Waals surface area contributed by atoms with Gasteiger partial charge >= 0.3 is 12.1 Å². The number of alkyl halides is 3. The number of aromatic carboxylic acids is 1. The van der Waals surface area contributed by atoms with Gasteiger partial charge in [0.2, 0.25) is 0 Å². The van der Waals surface area contributed by atoms with Gasteiger partial charge in [-0.3, -0.25) is 0 Å². The van der Waals surface area contributed by atoms with Gasteiger partial charge in [0.05, 0.1) is 16.4 Å². The lowest BCUT2D eigenvalue weighted by Crippen LogP contribution is -2.14. The molecule has 0 aliphatic carbocycles. The van der Waals surface area contributed by atoms with Crippen LogP contribution in [0, 0.1) is 0 Å². The Bertz CT molecular complexity index is 541. The summed E-state index contributed by atoms with van der Waals surface area (Å²) in [5.74, 6) is -1.71. The van der Waals surface area contributed by atoms with E-state index in [0.29, 0.717) is 6.07 Å². The van der Waals surface area contributed by atoms with E-state index in [1.54, 1.807) is 0 Å². The van der Waals surface area contributed by atoms with E-state index < -0.39 is 39.2 Å². The lowest BCUT2D eigenvalue weighted by atomic mass is 10.0. The zero-order valence-electron chi connectivity index (χ0n) is 9.06. The third kappa shape index (κ3) is 3.00. The summed E-state index contributed by atoms with van der Waals surface area (Å²) in [4.78, 5) is 10.7. The number of hydrogen-bond acceptors (Lipinski definition) is 3. The van der Waals surface area contributed by atoms with Gasteiger partial charge in [-0.15, -0.1) is 0 Å². The SMILES string of the molecule is CC(c1ccc(C(=O)O)c(C(F)(F)F)c1)[SH](=O)=O. The molecule has 0 aliphatic heterocycles. The van der Waals surface area contributed by atoms with E-state index in [4.69, 9.17) is 5.11 Å². The quantitative estimate of drug-likeness (QED) is 0.833. The number of carboxylic acids is 1. The summed E-state index contributed by atoms with van der Waals surface area (Å²) < 4.78 is 59.4. The van der Waals surface area contributed by atoms with Crippen molar-refractivity contribution in [1.29, 1.82) is 0 Å². The number of carboxylic acid groups (broad SMARTS) is 1. The fraction of sp³-hybridized carbons (Fsp3) is 0.300. The Morgan fingerprint density at radius 1 is 1.33 bits per heavy atom. The minimum absolute atomic E-state index is 0.0940. The van der Waals surface area contributed by atoms with Crippen molar-refractivity contribution in [3.05, 3.63) is 34.9 Å². The fourth-order valence-electron chi connectivity index (χ4n) is 1.36. The van der Waals surface area contributed by atoms with Gasteiger partial charge < -0.3 is 5.11 Å². The molecule has 4 nitrogen and oxygen atoms in total.